The molecule has 6 nitrogen and oxygen atoms in total. The number of halogens is 1. The van der Waals surface area contributed by atoms with E-state index in [9.17, 15) is 9.59 Å². The van der Waals surface area contributed by atoms with Crippen molar-refractivity contribution in [2.24, 2.45) is 12.5 Å². The van der Waals surface area contributed by atoms with Crippen LogP contribution < -0.4 is 15.6 Å². The van der Waals surface area contributed by atoms with Gasteiger partial charge in [-0.05, 0) is 54.5 Å². The molecule has 0 unspecified atom stereocenters. The van der Waals surface area contributed by atoms with Gasteiger partial charge in [0.15, 0.2) is 0 Å². The summed E-state index contributed by atoms with van der Waals surface area (Å²) in [5.74, 6) is 0.621. The normalized spacial score (nSPS) is 20.7. The van der Waals surface area contributed by atoms with Crippen molar-refractivity contribution < 1.29 is 14.6 Å². The van der Waals surface area contributed by atoms with Gasteiger partial charge in [0.25, 0.3) is 5.56 Å². The summed E-state index contributed by atoms with van der Waals surface area (Å²) < 4.78 is 8.26. The molecule has 1 aliphatic rings. The second-order valence-electron chi connectivity index (χ2n) is 7.71. The standard InChI is InChI=1S/C19H29BrN2O4/c1-19(2,9-4-10-23)18(25)21-13-5-7-14(8-6-13)26-16-11-17(24)22(3)12-15(16)20/h11-14,23H,4-10H2,1-3H3,(H,21,25)/t13-,14-. The smallest absolute Gasteiger partial charge is 0.254 e. The largest absolute Gasteiger partial charge is 0.489 e. The summed E-state index contributed by atoms with van der Waals surface area (Å²) in [6, 6.07) is 1.66. The fourth-order valence-electron chi connectivity index (χ4n) is 3.19. The van der Waals surface area contributed by atoms with E-state index in [1.807, 2.05) is 13.8 Å². The quantitative estimate of drug-likeness (QED) is 0.699. The van der Waals surface area contributed by atoms with Crippen molar-refractivity contribution in [1.82, 2.24) is 9.88 Å². The van der Waals surface area contributed by atoms with Crippen LogP contribution in [0, 0.1) is 5.41 Å². The first-order chi connectivity index (χ1) is 12.2. The van der Waals surface area contributed by atoms with E-state index in [0.717, 1.165) is 30.2 Å². The molecule has 1 aromatic heterocycles. The molecule has 7 heteroatoms. The third kappa shape index (κ3) is 5.58. The Hall–Kier alpha value is -1.34. The van der Waals surface area contributed by atoms with Crippen molar-refractivity contribution in [3.05, 3.63) is 27.1 Å². The zero-order chi connectivity index (χ0) is 19.3. The molecule has 0 aliphatic heterocycles. The van der Waals surface area contributed by atoms with Gasteiger partial charge in [-0.3, -0.25) is 9.59 Å². The van der Waals surface area contributed by atoms with Crippen molar-refractivity contribution in [3.63, 3.8) is 0 Å². The van der Waals surface area contributed by atoms with Gasteiger partial charge in [0.2, 0.25) is 5.91 Å². The van der Waals surface area contributed by atoms with Crippen LogP contribution in [0.5, 0.6) is 5.75 Å². The molecule has 0 radical (unpaired) electrons. The molecule has 1 fully saturated rings. The third-order valence-electron chi connectivity index (χ3n) is 5.02. The number of aliphatic hydroxyl groups is 1. The fourth-order valence-corrected chi connectivity index (χ4v) is 3.71. The topological polar surface area (TPSA) is 80.6 Å². The van der Waals surface area contributed by atoms with Gasteiger partial charge in [0.05, 0.1) is 10.6 Å². The summed E-state index contributed by atoms with van der Waals surface area (Å²) in [6.07, 6.45) is 6.45. The average molecular weight is 429 g/mol. The number of aryl methyl sites for hydroxylation is 1. The van der Waals surface area contributed by atoms with Crippen LogP contribution in [0.3, 0.4) is 0 Å². The van der Waals surface area contributed by atoms with E-state index in [4.69, 9.17) is 9.84 Å². The Bertz CT molecular complexity index is 679. The Kier molecular flexibility index (Phi) is 7.29. The maximum atomic E-state index is 12.5. The number of aliphatic hydroxyl groups excluding tert-OH is 1. The van der Waals surface area contributed by atoms with Crippen LogP contribution in [0.15, 0.2) is 21.5 Å². The van der Waals surface area contributed by atoms with Crippen molar-refractivity contribution >= 4 is 21.8 Å². The number of hydrogen-bond donors (Lipinski definition) is 2. The summed E-state index contributed by atoms with van der Waals surface area (Å²) in [6.45, 7) is 3.94. The van der Waals surface area contributed by atoms with E-state index in [1.54, 1.807) is 13.2 Å². The first-order valence-corrected chi connectivity index (χ1v) is 9.97. The minimum Gasteiger partial charge on any atom is -0.489 e. The summed E-state index contributed by atoms with van der Waals surface area (Å²) >= 11 is 3.44. The number of carbonyl (C=O) groups excluding carboxylic acids is 1. The molecule has 146 valence electrons. The van der Waals surface area contributed by atoms with E-state index in [0.29, 0.717) is 18.6 Å². The molecule has 1 saturated carbocycles. The predicted octanol–water partition coefficient (Wildman–Crippen LogP) is 2.75. The maximum Gasteiger partial charge on any atom is 0.254 e. The molecule has 0 saturated heterocycles. The lowest BCUT2D eigenvalue weighted by atomic mass is 9.85. The minimum absolute atomic E-state index is 0.0459. The Balaban J connectivity index is 1.85. The van der Waals surface area contributed by atoms with E-state index < -0.39 is 5.41 Å². The zero-order valence-electron chi connectivity index (χ0n) is 15.8. The Morgan fingerprint density at radius 1 is 1.38 bits per heavy atom. The van der Waals surface area contributed by atoms with Gasteiger partial charge in [-0.15, -0.1) is 0 Å². The van der Waals surface area contributed by atoms with Crippen LogP contribution >= 0.6 is 15.9 Å². The van der Waals surface area contributed by atoms with Crippen LogP contribution in [0.25, 0.3) is 0 Å². The molecule has 1 amide bonds. The molecule has 2 N–H and O–H groups in total. The van der Waals surface area contributed by atoms with E-state index in [1.165, 1.54) is 10.6 Å². The van der Waals surface area contributed by atoms with Crippen molar-refractivity contribution in [3.8, 4) is 5.75 Å². The summed E-state index contributed by atoms with van der Waals surface area (Å²) in [5.41, 5.74) is -0.570. The number of ether oxygens (including phenoxy) is 1. The van der Waals surface area contributed by atoms with E-state index in [-0.39, 0.29) is 30.2 Å². The lowest BCUT2D eigenvalue weighted by Gasteiger charge is -2.32. The van der Waals surface area contributed by atoms with Crippen LogP contribution in [-0.4, -0.2) is 34.3 Å². The van der Waals surface area contributed by atoms with Gasteiger partial charge in [0.1, 0.15) is 5.75 Å². The Morgan fingerprint density at radius 3 is 2.65 bits per heavy atom. The van der Waals surface area contributed by atoms with E-state index >= 15 is 0 Å². The first-order valence-electron chi connectivity index (χ1n) is 9.17. The Labute approximate surface area is 163 Å². The van der Waals surface area contributed by atoms with Gasteiger partial charge >= 0.3 is 0 Å². The highest BCUT2D eigenvalue weighted by atomic mass is 79.9. The minimum atomic E-state index is -0.467. The monoisotopic (exact) mass is 428 g/mol. The molecule has 0 atom stereocenters. The number of rotatable bonds is 7. The van der Waals surface area contributed by atoms with Gasteiger partial charge in [-0.25, -0.2) is 0 Å². The fraction of sp³-hybridized carbons (Fsp3) is 0.684. The maximum absolute atomic E-state index is 12.5. The number of hydrogen-bond acceptors (Lipinski definition) is 4. The van der Waals surface area contributed by atoms with Gasteiger partial charge in [-0.2, -0.15) is 0 Å². The number of pyridine rings is 1. The average Bonchev–Trinajstić information content (AvgIpc) is 2.59. The number of amides is 1. The number of nitrogens with zero attached hydrogens (tertiary/aromatic N) is 1. The first kappa shape index (κ1) is 21.0. The number of aromatic nitrogens is 1. The Morgan fingerprint density at radius 2 is 2.04 bits per heavy atom. The molecule has 1 aromatic rings. The molecular weight excluding hydrogens is 400 g/mol. The van der Waals surface area contributed by atoms with Crippen molar-refractivity contribution in [2.45, 2.75) is 64.5 Å². The van der Waals surface area contributed by atoms with Crippen LogP contribution in [-0.2, 0) is 11.8 Å². The molecule has 26 heavy (non-hydrogen) atoms. The third-order valence-corrected chi connectivity index (χ3v) is 5.62. The van der Waals surface area contributed by atoms with Crippen molar-refractivity contribution in [2.75, 3.05) is 6.61 Å². The lowest BCUT2D eigenvalue weighted by Crippen LogP contribution is -2.45. The summed E-state index contributed by atoms with van der Waals surface area (Å²) in [7, 11) is 1.70. The van der Waals surface area contributed by atoms with Gasteiger partial charge < -0.3 is 19.7 Å². The van der Waals surface area contributed by atoms with Gasteiger partial charge in [0, 0.05) is 37.4 Å². The summed E-state index contributed by atoms with van der Waals surface area (Å²) in [4.78, 5) is 24.2. The summed E-state index contributed by atoms with van der Waals surface area (Å²) in [5, 5.41) is 12.1. The molecule has 0 aromatic carbocycles. The predicted molar refractivity (Wildman–Crippen MR) is 104 cm³/mol. The van der Waals surface area contributed by atoms with E-state index in [2.05, 4.69) is 21.2 Å². The number of nitrogens with one attached hydrogen (secondary N) is 1. The second kappa shape index (κ2) is 9.04. The molecule has 0 bridgehead atoms. The highest BCUT2D eigenvalue weighted by Crippen LogP contribution is 2.29. The highest BCUT2D eigenvalue weighted by molar-refractivity contribution is 9.10. The molecule has 1 heterocycles. The molecule has 2 rings (SSSR count). The molecule has 1 aliphatic carbocycles. The zero-order valence-corrected chi connectivity index (χ0v) is 17.3. The van der Waals surface area contributed by atoms with Crippen LogP contribution in [0.4, 0.5) is 0 Å². The van der Waals surface area contributed by atoms with Crippen LogP contribution in [0.2, 0.25) is 0 Å². The van der Waals surface area contributed by atoms with Crippen molar-refractivity contribution in [1.29, 1.82) is 0 Å². The highest BCUT2D eigenvalue weighted by Gasteiger charge is 2.31. The van der Waals surface area contributed by atoms with Gasteiger partial charge in [-0.1, -0.05) is 13.8 Å². The molecular formula is C19H29BrN2O4. The SMILES string of the molecule is Cn1cc(Br)c(O[C@H]2CC[C@H](NC(=O)C(C)(C)CCCO)CC2)cc1=O. The van der Waals surface area contributed by atoms with Crippen LogP contribution in [0.1, 0.15) is 52.4 Å². The molecule has 0 spiro atoms. The second-order valence-corrected chi connectivity index (χ2v) is 8.57. The number of carbonyl (C=O) groups is 1. The lowest BCUT2D eigenvalue weighted by molar-refractivity contribution is -0.130.